The molecule has 0 aromatic heterocycles. The highest BCUT2D eigenvalue weighted by Crippen LogP contribution is 2.21. The van der Waals surface area contributed by atoms with Gasteiger partial charge in [-0.2, -0.15) is 5.26 Å². The molecule has 2 aromatic carbocycles. The lowest BCUT2D eigenvalue weighted by Gasteiger charge is -2.24. The summed E-state index contributed by atoms with van der Waals surface area (Å²) < 4.78 is 0. The van der Waals surface area contributed by atoms with Crippen LogP contribution < -0.4 is 4.90 Å². The molecular weight excluding hydrogens is 316 g/mol. The Hall–Kier alpha value is -3.13. The lowest BCUT2D eigenvalue weighted by molar-refractivity contribution is -0.138. The first kappa shape index (κ1) is 18.2. The smallest absolute Gasteiger partial charge is 0.303 e. The van der Waals surface area contributed by atoms with Gasteiger partial charge in [-0.05, 0) is 35.7 Å². The van der Waals surface area contributed by atoms with Crippen molar-refractivity contribution in [2.24, 2.45) is 5.92 Å². The topological polar surface area (TPSA) is 81.4 Å². The lowest BCUT2D eigenvalue weighted by atomic mass is 10.0. The number of benzene rings is 2. The van der Waals surface area contributed by atoms with E-state index in [2.05, 4.69) is 6.07 Å². The average Bonchev–Trinajstić information content (AvgIpc) is 2.60. The molecule has 25 heavy (non-hydrogen) atoms. The maximum atomic E-state index is 12.8. The summed E-state index contributed by atoms with van der Waals surface area (Å²) in [5.41, 5.74) is 2.19. The Bertz CT molecular complexity index is 764. The van der Waals surface area contributed by atoms with Crippen LogP contribution in [0.25, 0.3) is 0 Å². The van der Waals surface area contributed by atoms with Gasteiger partial charge in [0.2, 0.25) is 5.91 Å². The molecule has 2 aromatic rings. The molecular formula is C20H20N2O3. The van der Waals surface area contributed by atoms with Gasteiger partial charge < -0.3 is 10.0 Å². The van der Waals surface area contributed by atoms with Gasteiger partial charge in [0, 0.05) is 18.5 Å². The van der Waals surface area contributed by atoms with Crippen LogP contribution >= 0.6 is 0 Å². The zero-order valence-corrected chi connectivity index (χ0v) is 14.1. The summed E-state index contributed by atoms with van der Waals surface area (Å²) in [5, 5.41) is 17.8. The van der Waals surface area contributed by atoms with Crippen LogP contribution in [0.1, 0.15) is 30.9 Å². The van der Waals surface area contributed by atoms with E-state index in [0.29, 0.717) is 17.8 Å². The van der Waals surface area contributed by atoms with Gasteiger partial charge >= 0.3 is 5.97 Å². The highest BCUT2D eigenvalue weighted by atomic mass is 16.4. The van der Waals surface area contributed by atoms with Crippen LogP contribution in [0, 0.1) is 17.2 Å². The number of nitrogens with zero attached hydrogens (tertiary/aromatic N) is 2. The highest BCUT2D eigenvalue weighted by Gasteiger charge is 2.20. The van der Waals surface area contributed by atoms with Crippen molar-refractivity contribution < 1.29 is 14.7 Å². The van der Waals surface area contributed by atoms with E-state index in [4.69, 9.17) is 10.4 Å². The van der Waals surface area contributed by atoms with E-state index in [1.165, 1.54) is 0 Å². The van der Waals surface area contributed by atoms with Gasteiger partial charge in [0.1, 0.15) is 0 Å². The normalized spacial score (nSPS) is 11.4. The SMILES string of the molecule is C[C@H](CC(=O)O)CC(=O)N(Cc1ccccc1)c1ccc(C#N)cc1. The maximum absolute atomic E-state index is 12.8. The number of amides is 1. The number of carboxylic acid groups (broad SMARTS) is 1. The molecule has 1 N–H and O–H groups in total. The standard InChI is InChI=1S/C20H20N2O3/c1-15(12-20(24)25)11-19(23)22(14-17-5-3-2-4-6-17)18-9-7-16(13-21)8-10-18/h2-10,15H,11-12,14H2,1H3,(H,24,25)/t15-/m0/s1. The number of carbonyl (C=O) groups is 2. The van der Waals surface area contributed by atoms with Gasteiger partial charge in [0.15, 0.2) is 0 Å². The second-order valence-corrected chi connectivity index (χ2v) is 6.03. The van der Waals surface area contributed by atoms with Crippen LogP contribution in [0.15, 0.2) is 54.6 Å². The number of anilines is 1. The highest BCUT2D eigenvalue weighted by molar-refractivity contribution is 5.93. The van der Waals surface area contributed by atoms with Crippen LogP contribution in [0.3, 0.4) is 0 Å². The number of carboxylic acids is 1. The number of nitriles is 1. The molecule has 0 aliphatic carbocycles. The van der Waals surface area contributed by atoms with E-state index < -0.39 is 5.97 Å². The summed E-state index contributed by atoms with van der Waals surface area (Å²) >= 11 is 0. The molecule has 0 fully saturated rings. The maximum Gasteiger partial charge on any atom is 0.303 e. The lowest BCUT2D eigenvalue weighted by Crippen LogP contribution is -2.31. The number of hydrogen-bond acceptors (Lipinski definition) is 3. The Morgan fingerprint density at radius 1 is 1.08 bits per heavy atom. The fourth-order valence-electron chi connectivity index (χ4n) is 2.58. The summed E-state index contributed by atoms with van der Waals surface area (Å²) in [5.74, 6) is -1.29. The Morgan fingerprint density at radius 3 is 2.28 bits per heavy atom. The van der Waals surface area contributed by atoms with Gasteiger partial charge in [-0.25, -0.2) is 0 Å². The van der Waals surface area contributed by atoms with Crippen molar-refractivity contribution in [3.8, 4) is 6.07 Å². The van der Waals surface area contributed by atoms with E-state index in [1.54, 1.807) is 36.1 Å². The third-order valence-corrected chi connectivity index (χ3v) is 3.84. The molecule has 1 atom stereocenters. The summed E-state index contributed by atoms with van der Waals surface area (Å²) in [6.45, 7) is 2.15. The fraction of sp³-hybridized carbons (Fsp3) is 0.250. The summed E-state index contributed by atoms with van der Waals surface area (Å²) in [6, 6.07) is 18.5. The van der Waals surface area contributed by atoms with Crippen LogP contribution in [0.2, 0.25) is 0 Å². The van der Waals surface area contributed by atoms with Crippen molar-refractivity contribution in [2.45, 2.75) is 26.3 Å². The second kappa shape index (κ2) is 8.65. The van der Waals surface area contributed by atoms with E-state index in [0.717, 1.165) is 5.56 Å². The van der Waals surface area contributed by atoms with Crippen molar-refractivity contribution in [3.63, 3.8) is 0 Å². The Balaban J connectivity index is 2.23. The first-order valence-corrected chi connectivity index (χ1v) is 8.06. The quantitative estimate of drug-likeness (QED) is 0.837. The van der Waals surface area contributed by atoms with E-state index in [-0.39, 0.29) is 24.7 Å². The largest absolute Gasteiger partial charge is 0.481 e. The Kier molecular flexibility index (Phi) is 6.30. The first-order valence-electron chi connectivity index (χ1n) is 8.06. The Morgan fingerprint density at radius 2 is 1.72 bits per heavy atom. The molecule has 2 rings (SSSR count). The second-order valence-electron chi connectivity index (χ2n) is 6.03. The molecule has 0 aliphatic rings. The van der Waals surface area contributed by atoms with Crippen molar-refractivity contribution in [2.75, 3.05) is 4.90 Å². The van der Waals surface area contributed by atoms with Crippen LogP contribution in [0.4, 0.5) is 5.69 Å². The van der Waals surface area contributed by atoms with E-state index in [9.17, 15) is 9.59 Å². The van der Waals surface area contributed by atoms with Crippen molar-refractivity contribution >= 4 is 17.6 Å². The molecule has 5 heteroatoms. The minimum atomic E-state index is -0.909. The number of carbonyl (C=O) groups excluding carboxylic acids is 1. The summed E-state index contributed by atoms with van der Waals surface area (Å²) in [6.07, 6.45) is 0.109. The number of rotatable bonds is 7. The van der Waals surface area contributed by atoms with Gasteiger partial charge in [-0.1, -0.05) is 37.3 Å². The third kappa shape index (κ3) is 5.47. The van der Waals surface area contributed by atoms with Gasteiger partial charge in [-0.15, -0.1) is 0 Å². The minimum Gasteiger partial charge on any atom is -0.481 e. The van der Waals surface area contributed by atoms with Crippen LogP contribution in [-0.2, 0) is 16.1 Å². The monoisotopic (exact) mass is 336 g/mol. The van der Waals surface area contributed by atoms with Gasteiger partial charge in [-0.3, -0.25) is 9.59 Å². The van der Waals surface area contributed by atoms with E-state index >= 15 is 0 Å². The van der Waals surface area contributed by atoms with Crippen molar-refractivity contribution in [1.29, 1.82) is 5.26 Å². The molecule has 0 radical (unpaired) electrons. The van der Waals surface area contributed by atoms with Crippen molar-refractivity contribution in [3.05, 3.63) is 65.7 Å². The summed E-state index contributed by atoms with van der Waals surface area (Å²) in [7, 11) is 0. The molecule has 0 saturated heterocycles. The third-order valence-electron chi connectivity index (χ3n) is 3.84. The predicted molar refractivity (Wildman–Crippen MR) is 94.8 cm³/mol. The number of aliphatic carboxylic acids is 1. The molecule has 5 nitrogen and oxygen atoms in total. The minimum absolute atomic E-state index is 0.0434. The average molecular weight is 336 g/mol. The zero-order valence-electron chi connectivity index (χ0n) is 14.1. The van der Waals surface area contributed by atoms with Gasteiger partial charge in [0.05, 0.1) is 18.2 Å². The molecule has 0 unspecified atom stereocenters. The predicted octanol–water partition coefficient (Wildman–Crippen LogP) is 3.59. The Labute approximate surface area is 147 Å². The first-order chi connectivity index (χ1) is 12.0. The molecule has 1 amide bonds. The van der Waals surface area contributed by atoms with E-state index in [1.807, 2.05) is 30.3 Å². The van der Waals surface area contributed by atoms with Crippen molar-refractivity contribution in [1.82, 2.24) is 0 Å². The number of hydrogen-bond donors (Lipinski definition) is 1. The fourth-order valence-corrected chi connectivity index (χ4v) is 2.58. The van der Waals surface area contributed by atoms with Crippen LogP contribution in [-0.4, -0.2) is 17.0 Å². The molecule has 0 saturated carbocycles. The molecule has 0 heterocycles. The van der Waals surface area contributed by atoms with Gasteiger partial charge in [0.25, 0.3) is 0 Å². The zero-order chi connectivity index (χ0) is 18.2. The molecule has 0 spiro atoms. The van der Waals surface area contributed by atoms with Crippen LogP contribution in [0.5, 0.6) is 0 Å². The molecule has 128 valence electrons. The summed E-state index contributed by atoms with van der Waals surface area (Å²) in [4.78, 5) is 25.2. The molecule has 0 aliphatic heterocycles. The molecule has 0 bridgehead atoms.